The highest BCUT2D eigenvalue weighted by atomic mass is 35.5. The number of hydrogen-bond donors (Lipinski definition) is 2. The van der Waals surface area contributed by atoms with E-state index in [1.54, 1.807) is 7.05 Å². The van der Waals surface area contributed by atoms with E-state index in [-0.39, 0.29) is 6.10 Å². The van der Waals surface area contributed by atoms with E-state index in [4.69, 9.17) is 16.3 Å². The van der Waals surface area contributed by atoms with Crippen molar-refractivity contribution in [2.75, 3.05) is 34.2 Å². The monoisotopic (exact) mass is 352 g/mol. The molecule has 1 fully saturated rings. The molecule has 6 heteroatoms. The summed E-state index contributed by atoms with van der Waals surface area (Å²) in [5, 5.41) is 7.46. The van der Waals surface area contributed by atoms with Gasteiger partial charge in [0.15, 0.2) is 5.96 Å². The summed E-state index contributed by atoms with van der Waals surface area (Å²) in [6.07, 6.45) is 2.70. The smallest absolute Gasteiger partial charge is 0.191 e. The predicted molar refractivity (Wildman–Crippen MR) is 101 cm³/mol. The molecule has 0 aromatic heterocycles. The van der Waals surface area contributed by atoms with Gasteiger partial charge in [0, 0.05) is 24.7 Å². The fourth-order valence-electron chi connectivity index (χ4n) is 2.70. The number of guanidine groups is 1. The van der Waals surface area contributed by atoms with Crippen molar-refractivity contribution < 1.29 is 4.74 Å². The van der Waals surface area contributed by atoms with E-state index in [9.17, 15) is 0 Å². The number of rotatable bonds is 8. The largest absolute Gasteiger partial charge is 0.489 e. The standard InChI is InChI=1S/C18H29ClN4O/c1-13(24-16-9-7-15(19)8-10-16)11-21-18(20-2)22-12-17(23(3)4)14-5-6-14/h7-10,13-14,17H,5-6,11-12H2,1-4H3,(H2,20,21,22). The Morgan fingerprint density at radius 3 is 2.42 bits per heavy atom. The highest BCUT2D eigenvalue weighted by Gasteiger charge is 2.32. The van der Waals surface area contributed by atoms with Crippen molar-refractivity contribution in [3.63, 3.8) is 0 Å². The second kappa shape index (κ2) is 9.14. The molecule has 0 spiro atoms. The van der Waals surface area contributed by atoms with Crippen LogP contribution in [0.2, 0.25) is 5.02 Å². The van der Waals surface area contributed by atoms with Crippen LogP contribution >= 0.6 is 11.6 Å². The van der Waals surface area contributed by atoms with Gasteiger partial charge in [-0.05, 0) is 64.0 Å². The molecule has 1 aliphatic rings. The van der Waals surface area contributed by atoms with E-state index in [2.05, 4.69) is 34.6 Å². The van der Waals surface area contributed by atoms with Gasteiger partial charge < -0.3 is 20.3 Å². The molecule has 134 valence electrons. The Morgan fingerprint density at radius 1 is 1.25 bits per heavy atom. The van der Waals surface area contributed by atoms with Crippen molar-refractivity contribution in [1.29, 1.82) is 0 Å². The molecule has 2 rings (SSSR count). The van der Waals surface area contributed by atoms with Gasteiger partial charge in [0.2, 0.25) is 0 Å². The predicted octanol–water partition coefficient (Wildman–Crippen LogP) is 2.61. The van der Waals surface area contributed by atoms with E-state index in [1.807, 2.05) is 31.2 Å². The van der Waals surface area contributed by atoms with Gasteiger partial charge in [-0.15, -0.1) is 0 Å². The maximum absolute atomic E-state index is 5.88. The lowest BCUT2D eigenvalue weighted by molar-refractivity contribution is 0.223. The quantitative estimate of drug-likeness (QED) is 0.557. The second-order valence-electron chi connectivity index (χ2n) is 6.58. The van der Waals surface area contributed by atoms with Crippen LogP contribution in [0.1, 0.15) is 19.8 Å². The van der Waals surface area contributed by atoms with E-state index >= 15 is 0 Å². The zero-order valence-corrected chi connectivity index (χ0v) is 15.8. The molecule has 24 heavy (non-hydrogen) atoms. The lowest BCUT2D eigenvalue weighted by atomic mass is 10.1. The zero-order chi connectivity index (χ0) is 17.5. The first-order valence-electron chi connectivity index (χ1n) is 8.52. The summed E-state index contributed by atoms with van der Waals surface area (Å²) in [5.74, 6) is 2.45. The minimum Gasteiger partial charge on any atom is -0.489 e. The molecule has 2 unspecified atom stereocenters. The molecule has 0 amide bonds. The van der Waals surface area contributed by atoms with Crippen LogP contribution in [0.5, 0.6) is 5.75 Å². The Bertz CT molecular complexity index is 526. The van der Waals surface area contributed by atoms with E-state index in [0.717, 1.165) is 24.2 Å². The molecule has 1 aromatic rings. The number of benzene rings is 1. The Balaban J connectivity index is 1.73. The van der Waals surface area contributed by atoms with E-state index < -0.39 is 0 Å². The Kier molecular flexibility index (Phi) is 7.18. The third-order valence-corrected chi connectivity index (χ3v) is 4.49. The minimum absolute atomic E-state index is 0.0257. The van der Waals surface area contributed by atoms with Crippen LogP contribution < -0.4 is 15.4 Å². The number of halogens is 1. The van der Waals surface area contributed by atoms with Crippen molar-refractivity contribution in [3.05, 3.63) is 29.3 Å². The van der Waals surface area contributed by atoms with Crippen molar-refractivity contribution in [2.24, 2.45) is 10.9 Å². The SMILES string of the molecule is CN=C(NCC(C)Oc1ccc(Cl)cc1)NCC(C1CC1)N(C)C. The Morgan fingerprint density at radius 2 is 1.88 bits per heavy atom. The third-order valence-electron chi connectivity index (χ3n) is 4.24. The number of ether oxygens (including phenoxy) is 1. The van der Waals surface area contributed by atoms with Crippen molar-refractivity contribution >= 4 is 17.6 Å². The fourth-order valence-corrected chi connectivity index (χ4v) is 2.83. The van der Waals surface area contributed by atoms with Crippen LogP contribution in [0.15, 0.2) is 29.3 Å². The van der Waals surface area contributed by atoms with Crippen LogP contribution in [0, 0.1) is 5.92 Å². The number of likely N-dealkylation sites (N-methyl/N-ethyl adjacent to an activating group) is 1. The molecule has 0 saturated heterocycles. The van der Waals surface area contributed by atoms with Gasteiger partial charge in [0.05, 0.1) is 6.54 Å². The van der Waals surface area contributed by atoms with E-state index in [0.29, 0.717) is 17.6 Å². The molecule has 2 N–H and O–H groups in total. The first kappa shape index (κ1) is 18.9. The van der Waals surface area contributed by atoms with Gasteiger partial charge in [-0.3, -0.25) is 4.99 Å². The van der Waals surface area contributed by atoms with Gasteiger partial charge in [-0.2, -0.15) is 0 Å². The second-order valence-corrected chi connectivity index (χ2v) is 7.02. The van der Waals surface area contributed by atoms with Crippen molar-refractivity contribution in [1.82, 2.24) is 15.5 Å². The van der Waals surface area contributed by atoms with Crippen LogP contribution in [0.25, 0.3) is 0 Å². The molecule has 0 heterocycles. The van der Waals surface area contributed by atoms with Crippen LogP contribution in [0.3, 0.4) is 0 Å². The third kappa shape index (κ3) is 6.21. The first-order chi connectivity index (χ1) is 11.5. The summed E-state index contributed by atoms with van der Waals surface area (Å²) in [6, 6.07) is 7.98. The maximum Gasteiger partial charge on any atom is 0.191 e. The number of aliphatic imine (C=N–C) groups is 1. The van der Waals surface area contributed by atoms with Crippen LogP contribution in [-0.2, 0) is 0 Å². The van der Waals surface area contributed by atoms with E-state index in [1.165, 1.54) is 12.8 Å². The summed E-state index contributed by atoms with van der Waals surface area (Å²) in [4.78, 5) is 6.59. The normalized spacial score (nSPS) is 17.5. The maximum atomic E-state index is 5.88. The lowest BCUT2D eigenvalue weighted by Gasteiger charge is -2.25. The summed E-state index contributed by atoms with van der Waals surface area (Å²) < 4.78 is 5.86. The molecular formula is C18H29ClN4O. The van der Waals surface area contributed by atoms with Crippen molar-refractivity contribution in [3.8, 4) is 5.75 Å². The molecule has 0 bridgehead atoms. The van der Waals surface area contributed by atoms with Gasteiger partial charge in [-0.25, -0.2) is 0 Å². The first-order valence-corrected chi connectivity index (χ1v) is 8.90. The van der Waals surface area contributed by atoms with Gasteiger partial charge in [0.1, 0.15) is 11.9 Å². The average molecular weight is 353 g/mol. The lowest BCUT2D eigenvalue weighted by Crippen LogP contribution is -2.47. The average Bonchev–Trinajstić information content (AvgIpc) is 3.37. The summed E-state index contributed by atoms with van der Waals surface area (Å²) in [7, 11) is 6.08. The fraction of sp³-hybridized carbons (Fsp3) is 0.611. The molecular weight excluding hydrogens is 324 g/mol. The Labute approximate surface area is 150 Å². The van der Waals surface area contributed by atoms with Gasteiger partial charge in [0.25, 0.3) is 0 Å². The molecule has 1 aliphatic carbocycles. The number of hydrogen-bond acceptors (Lipinski definition) is 3. The number of nitrogens with zero attached hydrogens (tertiary/aromatic N) is 2. The summed E-state index contributed by atoms with van der Waals surface area (Å²) in [6.45, 7) is 3.61. The van der Waals surface area contributed by atoms with Crippen LogP contribution in [0.4, 0.5) is 0 Å². The van der Waals surface area contributed by atoms with Gasteiger partial charge >= 0.3 is 0 Å². The topological polar surface area (TPSA) is 48.9 Å². The zero-order valence-electron chi connectivity index (χ0n) is 15.1. The Hall–Kier alpha value is -1.46. The van der Waals surface area contributed by atoms with Gasteiger partial charge in [-0.1, -0.05) is 11.6 Å². The molecule has 5 nitrogen and oxygen atoms in total. The highest BCUT2D eigenvalue weighted by molar-refractivity contribution is 6.30. The molecule has 2 atom stereocenters. The minimum atomic E-state index is 0.0257. The molecule has 0 aliphatic heterocycles. The summed E-state index contributed by atoms with van der Waals surface area (Å²) >= 11 is 5.88. The summed E-state index contributed by atoms with van der Waals surface area (Å²) in [5.41, 5.74) is 0. The van der Waals surface area contributed by atoms with Crippen LogP contribution in [-0.4, -0.2) is 57.2 Å². The highest BCUT2D eigenvalue weighted by Crippen LogP contribution is 2.34. The molecule has 1 saturated carbocycles. The molecule has 0 radical (unpaired) electrons. The molecule has 1 aromatic carbocycles. The van der Waals surface area contributed by atoms with Crippen molar-refractivity contribution in [2.45, 2.75) is 31.9 Å². The number of nitrogens with one attached hydrogen (secondary N) is 2.